The standard InChI is InChI=1S/C26H21BrClFN2O3/c1-3-33-24-12-18(21(27)13-25(24)34-15-17-6-4-7-20(29)10-17)11-19(14-30)26(32)31-23-9-5-8-22(28)16(23)2/h4-13H,3,15H2,1-2H3,(H,31,32)/b19-11+. The number of ether oxygens (including phenoxy) is 2. The highest BCUT2D eigenvalue weighted by Gasteiger charge is 2.15. The molecule has 0 heterocycles. The molecule has 8 heteroatoms. The van der Waals surface area contributed by atoms with Crippen LogP contribution in [-0.2, 0) is 11.4 Å². The van der Waals surface area contributed by atoms with E-state index in [0.29, 0.717) is 50.0 Å². The second-order valence-electron chi connectivity index (χ2n) is 7.21. The SMILES string of the molecule is CCOc1cc(/C=C(\C#N)C(=O)Nc2cccc(Cl)c2C)c(Br)cc1OCc1cccc(F)c1. The van der Waals surface area contributed by atoms with Crippen LogP contribution in [0.2, 0.25) is 5.02 Å². The predicted octanol–water partition coefficient (Wildman–Crippen LogP) is 7.07. The fourth-order valence-corrected chi connectivity index (χ4v) is 3.68. The number of hydrogen-bond donors (Lipinski definition) is 1. The van der Waals surface area contributed by atoms with Crippen LogP contribution < -0.4 is 14.8 Å². The lowest BCUT2D eigenvalue weighted by molar-refractivity contribution is -0.112. The molecule has 0 saturated carbocycles. The lowest BCUT2D eigenvalue weighted by Crippen LogP contribution is -2.14. The molecule has 0 aliphatic heterocycles. The maximum Gasteiger partial charge on any atom is 0.266 e. The number of amides is 1. The Morgan fingerprint density at radius 2 is 1.91 bits per heavy atom. The van der Waals surface area contributed by atoms with Gasteiger partial charge in [-0.1, -0.05) is 45.7 Å². The molecule has 174 valence electrons. The largest absolute Gasteiger partial charge is 0.490 e. The molecule has 0 fully saturated rings. The molecular weight excluding hydrogens is 523 g/mol. The van der Waals surface area contributed by atoms with Crippen molar-refractivity contribution in [1.82, 2.24) is 0 Å². The van der Waals surface area contributed by atoms with Crippen LogP contribution in [0.15, 0.2) is 64.6 Å². The molecule has 0 unspecified atom stereocenters. The van der Waals surface area contributed by atoms with E-state index in [4.69, 9.17) is 21.1 Å². The van der Waals surface area contributed by atoms with Crippen LogP contribution >= 0.6 is 27.5 Å². The van der Waals surface area contributed by atoms with Gasteiger partial charge in [0.25, 0.3) is 5.91 Å². The summed E-state index contributed by atoms with van der Waals surface area (Å²) < 4.78 is 25.6. The van der Waals surface area contributed by atoms with Gasteiger partial charge in [0.2, 0.25) is 0 Å². The van der Waals surface area contributed by atoms with Crippen molar-refractivity contribution in [3.8, 4) is 17.6 Å². The fraction of sp³-hybridized carbons (Fsp3) is 0.154. The minimum Gasteiger partial charge on any atom is -0.490 e. The van der Waals surface area contributed by atoms with Crippen LogP contribution in [0.4, 0.5) is 10.1 Å². The number of nitrogens with one attached hydrogen (secondary N) is 1. The van der Waals surface area contributed by atoms with E-state index in [-0.39, 0.29) is 18.0 Å². The first-order valence-corrected chi connectivity index (χ1v) is 11.5. The lowest BCUT2D eigenvalue weighted by atomic mass is 10.1. The van der Waals surface area contributed by atoms with Gasteiger partial charge in [0.1, 0.15) is 24.1 Å². The van der Waals surface area contributed by atoms with Gasteiger partial charge in [0.05, 0.1) is 6.61 Å². The summed E-state index contributed by atoms with van der Waals surface area (Å²) in [4.78, 5) is 12.7. The van der Waals surface area contributed by atoms with Crippen molar-refractivity contribution in [2.24, 2.45) is 0 Å². The number of carbonyl (C=O) groups is 1. The number of benzene rings is 3. The first-order valence-electron chi connectivity index (χ1n) is 10.3. The van der Waals surface area contributed by atoms with Crippen molar-refractivity contribution < 1.29 is 18.7 Å². The number of nitriles is 1. The second kappa shape index (κ2) is 11.7. The van der Waals surface area contributed by atoms with Crippen LogP contribution in [0.25, 0.3) is 6.08 Å². The summed E-state index contributed by atoms with van der Waals surface area (Å²) in [6, 6.07) is 16.6. The first-order chi connectivity index (χ1) is 16.3. The van der Waals surface area contributed by atoms with Gasteiger partial charge < -0.3 is 14.8 Å². The van der Waals surface area contributed by atoms with E-state index in [1.165, 1.54) is 18.2 Å². The highest BCUT2D eigenvalue weighted by atomic mass is 79.9. The minimum atomic E-state index is -0.566. The Kier molecular flexibility index (Phi) is 8.69. The predicted molar refractivity (Wildman–Crippen MR) is 134 cm³/mol. The third-order valence-electron chi connectivity index (χ3n) is 4.83. The summed E-state index contributed by atoms with van der Waals surface area (Å²) >= 11 is 9.58. The van der Waals surface area contributed by atoms with Crippen molar-refractivity contribution in [2.75, 3.05) is 11.9 Å². The maximum atomic E-state index is 13.4. The van der Waals surface area contributed by atoms with E-state index in [0.717, 1.165) is 0 Å². The number of halogens is 3. The number of carbonyl (C=O) groups excluding carboxylic acids is 1. The molecule has 0 saturated heterocycles. The third kappa shape index (κ3) is 6.37. The van der Waals surface area contributed by atoms with Crippen LogP contribution in [0.5, 0.6) is 11.5 Å². The van der Waals surface area contributed by atoms with Gasteiger partial charge in [-0.15, -0.1) is 0 Å². The van der Waals surface area contributed by atoms with E-state index in [1.807, 2.05) is 13.0 Å². The van der Waals surface area contributed by atoms with Crippen molar-refractivity contribution >= 4 is 45.2 Å². The average molecular weight is 544 g/mol. The van der Waals surface area contributed by atoms with Gasteiger partial charge in [-0.05, 0) is 73.0 Å². The third-order valence-corrected chi connectivity index (χ3v) is 5.92. The highest BCUT2D eigenvalue weighted by molar-refractivity contribution is 9.10. The van der Waals surface area contributed by atoms with Crippen molar-refractivity contribution in [1.29, 1.82) is 5.26 Å². The Balaban J connectivity index is 1.87. The molecule has 0 aliphatic carbocycles. The Bertz CT molecular complexity index is 1290. The fourth-order valence-electron chi connectivity index (χ4n) is 3.07. The Morgan fingerprint density at radius 1 is 1.18 bits per heavy atom. The Labute approximate surface area is 210 Å². The quantitative estimate of drug-likeness (QED) is 0.244. The van der Waals surface area contributed by atoms with E-state index in [9.17, 15) is 14.4 Å². The van der Waals surface area contributed by atoms with Crippen molar-refractivity contribution in [3.05, 3.63) is 92.2 Å². The molecule has 0 aromatic heterocycles. The first kappa shape index (κ1) is 25.3. The topological polar surface area (TPSA) is 71.3 Å². The van der Waals surface area contributed by atoms with Gasteiger partial charge in [-0.25, -0.2) is 4.39 Å². The van der Waals surface area contributed by atoms with Gasteiger partial charge in [0, 0.05) is 15.2 Å². The van der Waals surface area contributed by atoms with Gasteiger partial charge in [-0.2, -0.15) is 5.26 Å². The maximum absolute atomic E-state index is 13.4. The normalized spacial score (nSPS) is 11.0. The zero-order valence-corrected chi connectivity index (χ0v) is 20.8. The van der Waals surface area contributed by atoms with Crippen molar-refractivity contribution in [3.63, 3.8) is 0 Å². The summed E-state index contributed by atoms with van der Waals surface area (Å²) in [5.41, 5.74) is 2.34. The molecule has 0 radical (unpaired) electrons. The molecule has 0 aliphatic rings. The molecule has 0 bridgehead atoms. The average Bonchev–Trinajstić information content (AvgIpc) is 2.81. The molecule has 34 heavy (non-hydrogen) atoms. The molecule has 0 spiro atoms. The van der Waals surface area contributed by atoms with Crippen LogP contribution in [0.1, 0.15) is 23.6 Å². The van der Waals surface area contributed by atoms with Gasteiger partial charge >= 0.3 is 0 Å². The zero-order valence-electron chi connectivity index (χ0n) is 18.5. The molecule has 3 aromatic rings. The monoisotopic (exact) mass is 542 g/mol. The highest BCUT2D eigenvalue weighted by Crippen LogP contribution is 2.35. The van der Waals surface area contributed by atoms with Crippen molar-refractivity contribution in [2.45, 2.75) is 20.5 Å². The number of hydrogen-bond acceptors (Lipinski definition) is 4. The zero-order chi connectivity index (χ0) is 24.7. The minimum absolute atomic E-state index is 0.101. The van der Waals surface area contributed by atoms with Crippen LogP contribution in [0.3, 0.4) is 0 Å². The van der Waals surface area contributed by atoms with Gasteiger partial charge in [0.15, 0.2) is 11.5 Å². The summed E-state index contributed by atoms with van der Waals surface area (Å²) in [5, 5.41) is 12.8. The second-order valence-corrected chi connectivity index (χ2v) is 8.47. The molecular formula is C26H21BrClFN2O3. The van der Waals surface area contributed by atoms with E-state index in [1.54, 1.807) is 49.4 Å². The Morgan fingerprint density at radius 3 is 2.62 bits per heavy atom. The van der Waals surface area contributed by atoms with Crippen LogP contribution in [0, 0.1) is 24.1 Å². The molecule has 1 amide bonds. The summed E-state index contributed by atoms with van der Waals surface area (Å²) in [6.45, 7) is 4.13. The smallest absolute Gasteiger partial charge is 0.266 e. The van der Waals surface area contributed by atoms with Gasteiger partial charge in [-0.3, -0.25) is 4.79 Å². The van der Waals surface area contributed by atoms with E-state index >= 15 is 0 Å². The Hall–Kier alpha value is -3.34. The molecule has 5 nitrogen and oxygen atoms in total. The summed E-state index contributed by atoms with van der Waals surface area (Å²) in [7, 11) is 0. The van der Waals surface area contributed by atoms with E-state index in [2.05, 4.69) is 21.2 Å². The molecule has 3 aromatic carbocycles. The number of anilines is 1. The molecule has 3 rings (SSSR count). The lowest BCUT2D eigenvalue weighted by Gasteiger charge is -2.14. The molecule has 0 atom stereocenters. The summed E-state index contributed by atoms with van der Waals surface area (Å²) in [6.07, 6.45) is 1.46. The van der Waals surface area contributed by atoms with Crippen LogP contribution in [-0.4, -0.2) is 12.5 Å². The number of nitrogens with zero attached hydrogens (tertiary/aromatic N) is 1. The van der Waals surface area contributed by atoms with E-state index < -0.39 is 5.91 Å². The number of rotatable bonds is 8. The molecule has 1 N–H and O–H groups in total. The summed E-state index contributed by atoms with van der Waals surface area (Å²) in [5.74, 6) is -0.0448.